The van der Waals surface area contributed by atoms with Gasteiger partial charge in [0.1, 0.15) is 0 Å². The molecule has 0 heterocycles. The fourth-order valence-electron chi connectivity index (χ4n) is 5.18. The fourth-order valence-corrected chi connectivity index (χ4v) is 5.18. The molecule has 2 aromatic carbocycles. The van der Waals surface area contributed by atoms with E-state index in [0.717, 1.165) is 30.4 Å². The number of Topliss-reactive ketones (excluding diaryl/α,β-unsaturated/α-hetero) is 1. The molecule has 2 saturated carbocycles. The number of carbonyl (C=O) groups is 3. The van der Waals surface area contributed by atoms with Crippen molar-refractivity contribution in [3.8, 4) is 0 Å². The van der Waals surface area contributed by atoms with Gasteiger partial charge in [-0.25, -0.2) is 0 Å². The van der Waals surface area contributed by atoms with E-state index in [1.165, 1.54) is 0 Å². The van der Waals surface area contributed by atoms with Gasteiger partial charge in [-0.3, -0.25) is 14.4 Å². The van der Waals surface area contributed by atoms with Gasteiger partial charge in [0.15, 0.2) is 12.4 Å². The van der Waals surface area contributed by atoms with Crippen LogP contribution < -0.4 is 5.32 Å². The van der Waals surface area contributed by atoms with E-state index in [4.69, 9.17) is 4.74 Å². The van der Waals surface area contributed by atoms with Gasteiger partial charge in [-0.2, -0.15) is 0 Å². The largest absolute Gasteiger partial charge is 0.455 e. The maximum atomic E-state index is 13.1. The first-order valence-electron chi connectivity index (χ1n) is 10.6. The summed E-state index contributed by atoms with van der Waals surface area (Å²) < 4.78 is 5.39. The summed E-state index contributed by atoms with van der Waals surface area (Å²) in [6, 6.07) is 14.9. The smallest absolute Gasteiger partial charge is 0.310 e. The van der Waals surface area contributed by atoms with Gasteiger partial charge in [0.2, 0.25) is 0 Å². The molecule has 0 aliphatic heterocycles. The van der Waals surface area contributed by atoms with E-state index >= 15 is 0 Å². The lowest BCUT2D eigenvalue weighted by Crippen LogP contribution is -2.37. The first-order valence-corrected chi connectivity index (χ1v) is 10.6. The van der Waals surface area contributed by atoms with Crippen LogP contribution in [-0.4, -0.2) is 24.3 Å². The summed E-state index contributed by atoms with van der Waals surface area (Å²) in [5, 5.41) is 2.79. The van der Waals surface area contributed by atoms with Crippen LogP contribution in [0.1, 0.15) is 40.7 Å². The van der Waals surface area contributed by atoms with E-state index < -0.39 is 11.9 Å². The summed E-state index contributed by atoms with van der Waals surface area (Å²) in [5.74, 6) is -1.18. The average molecular weight is 405 g/mol. The molecule has 0 spiro atoms. The maximum Gasteiger partial charge on any atom is 0.310 e. The van der Waals surface area contributed by atoms with Crippen LogP contribution in [0, 0.1) is 37.5 Å². The van der Waals surface area contributed by atoms with Gasteiger partial charge in [-0.05, 0) is 56.6 Å². The Labute approximate surface area is 176 Å². The van der Waals surface area contributed by atoms with Crippen molar-refractivity contribution in [2.24, 2.45) is 23.7 Å². The van der Waals surface area contributed by atoms with Crippen molar-refractivity contribution < 1.29 is 19.1 Å². The van der Waals surface area contributed by atoms with E-state index in [-0.39, 0.29) is 36.1 Å². The second-order valence-corrected chi connectivity index (χ2v) is 8.59. The average Bonchev–Trinajstić information content (AvgIpc) is 3.36. The number of nitrogens with one attached hydrogen (secondary N) is 1. The molecule has 1 amide bonds. The highest BCUT2D eigenvalue weighted by atomic mass is 16.5. The Balaban J connectivity index is 1.40. The quantitative estimate of drug-likeness (QED) is 0.573. The fraction of sp³-hybridized carbons (Fsp3) is 0.400. The van der Waals surface area contributed by atoms with Gasteiger partial charge in [0.25, 0.3) is 5.91 Å². The van der Waals surface area contributed by atoms with Crippen molar-refractivity contribution in [2.75, 3.05) is 11.9 Å². The lowest BCUT2D eigenvalue weighted by Gasteiger charge is -2.28. The van der Waals surface area contributed by atoms with Gasteiger partial charge >= 0.3 is 5.97 Å². The van der Waals surface area contributed by atoms with Crippen molar-refractivity contribution in [1.29, 1.82) is 0 Å². The predicted octanol–water partition coefficient (Wildman–Crippen LogP) is 4.33. The molecule has 0 aromatic heterocycles. The Morgan fingerprint density at radius 1 is 0.967 bits per heavy atom. The van der Waals surface area contributed by atoms with E-state index in [0.29, 0.717) is 11.3 Å². The molecule has 2 bridgehead atoms. The van der Waals surface area contributed by atoms with Gasteiger partial charge in [0, 0.05) is 17.2 Å². The van der Waals surface area contributed by atoms with Crippen LogP contribution in [0.25, 0.3) is 0 Å². The number of benzene rings is 2. The Kier molecular flexibility index (Phi) is 5.71. The summed E-state index contributed by atoms with van der Waals surface area (Å²) in [7, 11) is 0. The zero-order chi connectivity index (χ0) is 21.3. The molecular formula is C25H27NO4. The lowest BCUT2D eigenvalue weighted by molar-refractivity contribution is -0.154. The summed E-state index contributed by atoms with van der Waals surface area (Å²) in [6.45, 7) is 3.57. The molecule has 0 radical (unpaired) electrons. The third-order valence-corrected chi connectivity index (χ3v) is 6.55. The topological polar surface area (TPSA) is 72.5 Å². The molecule has 1 N–H and O–H groups in total. The number of rotatable bonds is 6. The van der Waals surface area contributed by atoms with Crippen LogP contribution in [0.15, 0.2) is 48.5 Å². The van der Waals surface area contributed by atoms with Crippen LogP contribution in [0.5, 0.6) is 0 Å². The predicted molar refractivity (Wildman–Crippen MR) is 114 cm³/mol. The molecular weight excluding hydrogens is 378 g/mol. The second kappa shape index (κ2) is 8.42. The third-order valence-electron chi connectivity index (χ3n) is 6.55. The van der Waals surface area contributed by atoms with Crippen LogP contribution in [0.4, 0.5) is 5.69 Å². The monoisotopic (exact) mass is 405 g/mol. The molecule has 2 aromatic rings. The molecule has 0 saturated heterocycles. The number of hydrogen-bond acceptors (Lipinski definition) is 4. The normalized spacial score (nSPS) is 24.5. The Hall–Kier alpha value is -2.95. The first kappa shape index (κ1) is 20.3. The lowest BCUT2D eigenvalue weighted by atomic mass is 9.75. The van der Waals surface area contributed by atoms with Crippen molar-refractivity contribution in [2.45, 2.75) is 33.1 Å². The highest BCUT2D eigenvalue weighted by molar-refractivity contribution is 6.01. The molecule has 4 atom stereocenters. The minimum Gasteiger partial charge on any atom is -0.455 e. The molecule has 156 valence electrons. The Bertz CT molecular complexity index is 968. The van der Waals surface area contributed by atoms with E-state index in [9.17, 15) is 14.4 Å². The first-order chi connectivity index (χ1) is 14.4. The Morgan fingerprint density at radius 2 is 1.67 bits per heavy atom. The third kappa shape index (κ3) is 4.02. The van der Waals surface area contributed by atoms with Gasteiger partial charge in [0.05, 0.1) is 5.92 Å². The number of carbonyl (C=O) groups excluding carboxylic acids is 3. The molecule has 4 rings (SSSR count). The standard InChI is InChI=1S/C25H27NO4/c1-15-8-11-20(16(2)12-15)26-21(27)14-30-25(29)23-19-10-9-18(13-19)22(23)24(28)17-6-4-3-5-7-17/h3-8,11-12,18-19,22-23H,9-10,13-14H2,1-2H3,(H,26,27)/t18-,19-,22+,23-/m0/s1. The van der Waals surface area contributed by atoms with Gasteiger partial charge in [-0.15, -0.1) is 0 Å². The number of aryl methyl sites for hydroxylation is 2. The number of ether oxygens (including phenoxy) is 1. The highest BCUT2D eigenvalue weighted by Gasteiger charge is 2.54. The van der Waals surface area contributed by atoms with E-state index in [1.54, 1.807) is 12.1 Å². The van der Waals surface area contributed by atoms with Gasteiger partial charge in [-0.1, -0.05) is 48.0 Å². The number of hydrogen-bond donors (Lipinski definition) is 1. The molecule has 0 unspecified atom stereocenters. The van der Waals surface area contributed by atoms with Crippen LogP contribution in [0.3, 0.4) is 0 Å². The zero-order valence-corrected chi connectivity index (χ0v) is 17.4. The number of ketones is 1. The van der Waals surface area contributed by atoms with Crippen LogP contribution in [0.2, 0.25) is 0 Å². The van der Waals surface area contributed by atoms with Crippen LogP contribution >= 0.6 is 0 Å². The Morgan fingerprint density at radius 3 is 2.37 bits per heavy atom. The van der Waals surface area contributed by atoms with Gasteiger partial charge < -0.3 is 10.1 Å². The number of esters is 1. The van der Waals surface area contributed by atoms with E-state index in [2.05, 4.69) is 5.32 Å². The zero-order valence-electron chi connectivity index (χ0n) is 17.4. The number of amides is 1. The van der Waals surface area contributed by atoms with Crippen molar-refractivity contribution in [1.82, 2.24) is 0 Å². The van der Waals surface area contributed by atoms with Crippen molar-refractivity contribution >= 4 is 23.3 Å². The summed E-state index contributed by atoms with van der Waals surface area (Å²) in [6.07, 6.45) is 2.81. The second-order valence-electron chi connectivity index (χ2n) is 8.59. The number of anilines is 1. The molecule has 30 heavy (non-hydrogen) atoms. The SMILES string of the molecule is Cc1ccc(NC(=O)COC(=O)[C@H]2[C@H]3CC[C@@H](C3)[C@H]2C(=O)c2ccccc2)c(C)c1. The summed E-state index contributed by atoms with van der Waals surface area (Å²) in [4.78, 5) is 38.3. The molecule has 5 nitrogen and oxygen atoms in total. The molecule has 2 fully saturated rings. The summed E-state index contributed by atoms with van der Waals surface area (Å²) in [5.41, 5.74) is 3.41. The molecule has 2 aliphatic carbocycles. The maximum absolute atomic E-state index is 13.1. The molecule has 2 aliphatic rings. The minimum atomic E-state index is -0.453. The highest BCUT2D eigenvalue weighted by Crippen LogP contribution is 2.53. The minimum absolute atomic E-state index is 0.0180. The summed E-state index contributed by atoms with van der Waals surface area (Å²) >= 11 is 0. The number of fused-ring (bicyclic) bond motifs is 2. The molecule has 5 heteroatoms. The van der Waals surface area contributed by atoms with E-state index in [1.807, 2.05) is 50.2 Å². The van der Waals surface area contributed by atoms with Crippen LogP contribution in [-0.2, 0) is 14.3 Å². The van der Waals surface area contributed by atoms with Crippen molar-refractivity contribution in [3.63, 3.8) is 0 Å². The van der Waals surface area contributed by atoms with Crippen molar-refractivity contribution in [3.05, 3.63) is 65.2 Å².